The van der Waals surface area contributed by atoms with Gasteiger partial charge in [0, 0.05) is 26.6 Å². The van der Waals surface area contributed by atoms with E-state index in [4.69, 9.17) is 10.00 Å². The molecule has 1 atom stereocenters. The van der Waals surface area contributed by atoms with Gasteiger partial charge in [-0.05, 0) is 25.7 Å². The second-order valence-electron chi connectivity index (χ2n) is 4.25. The van der Waals surface area contributed by atoms with Gasteiger partial charge in [-0.15, -0.1) is 0 Å². The Balaban J connectivity index is 2.15. The molecular formula is C12H20N2O2. The van der Waals surface area contributed by atoms with E-state index in [-0.39, 0.29) is 12.0 Å². The molecule has 1 rings (SSSR count). The van der Waals surface area contributed by atoms with Crippen LogP contribution >= 0.6 is 0 Å². The van der Waals surface area contributed by atoms with E-state index in [2.05, 4.69) is 0 Å². The first-order chi connectivity index (χ1) is 7.74. The quantitative estimate of drug-likeness (QED) is 0.714. The van der Waals surface area contributed by atoms with Gasteiger partial charge in [0.25, 0.3) is 0 Å². The lowest BCUT2D eigenvalue weighted by molar-refractivity contribution is -0.130. The SMILES string of the molecule is CN(CCC#N)C(=O)CCC1CCCCO1. The van der Waals surface area contributed by atoms with E-state index in [1.165, 1.54) is 6.42 Å². The highest BCUT2D eigenvalue weighted by molar-refractivity contribution is 5.75. The molecule has 1 aliphatic heterocycles. The standard InChI is InChI=1S/C12H20N2O2/c1-14(9-4-8-13)12(15)7-6-11-5-2-3-10-16-11/h11H,2-7,9-10H2,1H3. The highest BCUT2D eigenvalue weighted by Gasteiger charge is 2.16. The first-order valence-electron chi connectivity index (χ1n) is 5.96. The van der Waals surface area contributed by atoms with E-state index in [1.54, 1.807) is 11.9 Å². The fourth-order valence-electron chi connectivity index (χ4n) is 1.85. The summed E-state index contributed by atoms with van der Waals surface area (Å²) >= 11 is 0. The predicted molar refractivity (Wildman–Crippen MR) is 60.7 cm³/mol. The minimum atomic E-state index is 0.115. The first kappa shape index (κ1) is 13.0. The summed E-state index contributed by atoms with van der Waals surface area (Å²) in [7, 11) is 1.75. The molecule has 0 saturated carbocycles. The average molecular weight is 224 g/mol. The fraction of sp³-hybridized carbons (Fsp3) is 0.833. The van der Waals surface area contributed by atoms with Crippen molar-refractivity contribution in [3.63, 3.8) is 0 Å². The van der Waals surface area contributed by atoms with Crippen LogP contribution < -0.4 is 0 Å². The van der Waals surface area contributed by atoms with Gasteiger partial charge in [0.05, 0.1) is 18.6 Å². The maximum Gasteiger partial charge on any atom is 0.222 e. The molecular weight excluding hydrogens is 204 g/mol. The van der Waals surface area contributed by atoms with Crippen LogP contribution in [0.25, 0.3) is 0 Å². The van der Waals surface area contributed by atoms with Crippen molar-refractivity contribution in [1.29, 1.82) is 5.26 Å². The number of carbonyl (C=O) groups excluding carboxylic acids is 1. The number of carbonyl (C=O) groups is 1. The Labute approximate surface area is 97.2 Å². The monoisotopic (exact) mass is 224 g/mol. The normalized spacial score (nSPS) is 20.1. The van der Waals surface area contributed by atoms with Crippen molar-refractivity contribution in [1.82, 2.24) is 4.90 Å². The van der Waals surface area contributed by atoms with Crippen molar-refractivity contribution >= 4 is 5.91 Å². The summed E-state index contributed by atoms with van der Waals surface area (Å²) in [5, 5.41) is 8.42. The highest BCUT2D eigenvalue weighted by atomic mass is 16.5. The van der Waals surface area contributed by atoms with Crippen LogP contribution in [0, 0.1) is 11.3 Å². The number of hydrogen-bond donors (Lipinski definition) is 0. The minimum Gasteiger partial charge on any atom is -0.378 e. The van der Waals surface area contributed by atoms with Crippen LogP contribution in [0.1, 0.15) is 38.5 Å². The van der Waals surface area contributed by atoms with Gasteiger partial charge in [0.1, 0.15) is 0 Å². The lowest BCUT2D eigenvalue weighted by Gasteiger charge is -2.23. The van der Waals surface area contributed by atoms with E-state index in [0.29, 0.717) is 19.4 Å². The van der Waals surface area contributed by atoms with Crippen LogP contribution in [0.2, 0.25) is 0 Å². The van der Waals surface area contributed by atoms with Crippen molar-refractivity contribution < 1.29 is 9.53 Å². The molecule has 0 N–H and O–H groups in total. The van der Waals surface area contributed by atoms with Crippen molar-refractivity contribution in [2.24, 2.45) is 0 Å². The average Bonchev–Trinajstić information content (AvgIpc) is 2.34. The molecule has 0 aromatic carbocycles. The molecule has 0 aromatic heterocycles. The zero-order valence-electron chi connectivity index (χ0n) is 9.95. The van der Waals surface area contributed by atoms with Crippen LogP contribution in [0.5, 0.6) is 0 Å². The Morgan fingerprint density at radius 2 is 2.38 bits per heavy atom. The number of amides is 1. The second kappa shape index (κ2) is 7.24. The Hall–Kier alpha value is -1.08. The van der Waals surface area contributed by atoms with Gasteiger partial charge in [-0.1, -0.05) is 0 Å². The molecule has 1 unspecified atom stereocenters. The third kappa shape index (κ3) is 4.63. The Bertz CT molecular complexity index is 254. The van der Waals surface area contributed by atoms with Gasteiger partial charge in [-0.3, -0.25) is 4.79 Å². The zero-order valence-corrected chi connectivity index (χ0v) is 9.95. The summed E-state index contributed by atoms with van der Waals surface area (Å²) in [6.07, 6.45) is 5.46. The number of hydrogen-bond acceptors (Lipinski definition) is 3. The summed E-state index contributed by atoms with van der Waals surface area (Å²) in [6.45, 7) is 1.37. The summed E-state index contributed by atoms with van der Waals surface area (Å²) in [6, 6.07) is 2.04. The van der Waals surface area contributed by atoms with Crippen molar-refractivity contribution in [3.8, 4) is 6.07 Å². The minimum absolute atomic E-state index is 0.115. The van der Waals surface area contributed by atoms with E-state index in [0.717, 1.165) is 25.9 Å². The van der Waals surface area contributed by atoms with Gasteiger partial charge in [-0.2, -0.15) is 5.26 Å². The van der Waals surface area contributed by atoms with E-state index < -0.39 is 0 Å². The maximum absolute atomic E-state index is 11.7. The van der Waals surface area contributed by atoms with Gasteiger partial charge in [-0.25, -0.2) is 0 Å². The predicted octanol–water partition coefficient (Wildman–Crippen LogP) is 1.71. The van der Waals surface area contributed by atoms with E-state index in [9.17, 15) is 4.79 Å². The third-order valence-electron chi connectivity index (χ3n) is 2.94. The van der Waals surface area contributed by atoms with Gasteiger partial charge < -0.3 is 9.64 Å². The zero-order chi connectivity index (χ0) is 11.8. The molecule has 0 aliphatic carbocycles. The second-order valence-corrected chi connectivity index (χ2v) is 4.25. The summed E-state index contributed by atoms with van der Waals surface area (Å²) in [5.74, 6) is 0.115. The molecule has 1 fully saturated rings. The Morgan fingerprint density at radius 3 is 3.00 bits per heavy atom. The molecule has 0 radical (unpaired) electrons. The van der Waals surface area contributed by atoms with Crippen LogP contribution in [0.3, 0.4) is 0 Å². The molecule has 90 valence electrons. The molecule has 16 heavy (non-hydrogen) atoms. The summed E-state index contributed by atoms with van der Waals surface area (Å²) in [4.78, 5) is 13.3. The van der Waals surface area contributed by atoms with Gasteiger partial charge >= 0.3 is 0 Å². The van der Waals surface area contributed by atoms with Crippen molar-refractivity contribution in [2.45, 2.75) is 44.6 Å². The number of nitriles is 1. The highest BCUT2D eigenvalue weighted by Crippen LogP contribution is 2.17. The largest absolute Gasteiger partial charge is 0.378 e. The lowest BCUT2D eigenvalue weighted by Crippen LogP contribution is -2.29. The van der Waals surface area contributed by atoms with Crippen LogP contribution in [-0.4, -0.2) is 37.1 Å². The fourth-order valence-corrected chi connectivity index (χ4v) is 1.85. The van der Waals surface area contributed by atoms with E-state index >= 15 is 0 Å². The maximum atomic E-state index is 11.7. The molecule has 1 amide bonds. The molecule has 4 heteroatoms. The van der Waals surface area contributed by atoms with Crippen molar-refractivity contribution in [3.05, 3.63) is 0 Å². The molecule has 1 saturated heterocycles. The molecule has 4 nitrogen and oxygen atoms in total. The van der Waals surface area contributed by atoms with Crippen LogP contribution in [0.15, 0.2) is 0 Å². The number of nitrogens with zero attached hydrogens (tertiary/aromatic N) is 2. The molecule has 1 aliphatic rings. The van der Waals surface area contributed by atoms with Gasteiger partial charge in [0.2, 0.25) is 5.91 Å². The molecule has 1 heterocycles. The van der Waals surface area contributed by atoms with Crippen LogP contribution in [-0.2, 0) is 9.53 Å². The summed E-state index contributed by atoms with van der Waals surface area (Å²) in [5.41, 5.74) is 0. The molecule has 0 bridgehead atoms. The van der Waals surface area contributed by atoms with Gasteiger partial charge in [0.15, 0.2) is 0 Å². The first-order valence-corrected chi connectivity index (χ1v) is 5.96. The Kier molecular flexibility index (Phi) is 5.87. The third-order valence-corrected chi connectivity index (χ3v) is 2.94. The molecule has 0 aromatic rings. The smallest absolute Gasteiger partial charge is 0.222 e. The van der Waals surface area contributed by atoms with Crippen LogP contribution in [0.4, 0.5) is 0 Å². The number of rotatable bonds is 5. The topological polar surface area (TPSA) is 53.3 Å². The lowest BCUT2D eigenvalue weighted by atomic mass is 10.0. The van der Waals surface area contributed by atoms with E-state index in [1.807, 2.05) is 6.07 Å². The van der Waals surface area contributed by atoms with Crippen molar-refractivity contribution in [2.75, 3.05) is 20.2 Å². The Morgan fingerprint density at radius 1 is 1.56 bits per heavy atom. The summed E-state index contributed by atoms with van der Waals surface area (Å²) < 4.78 is 5.57. The molecule has 0 spiro atoms. The number of ether oxygens (including phenoxy) is 1.